The van der Waals surface area contributed by atoms with Crippen LogP contribution in [0.5, 0.6) is 0 Å². The number of hydrogen-bond acceptors (Lipinski definition) is 5. The van der Waals surface area contributed by atoms with Gasteiger partial charge in [-0.05, 0) is 30.2 Å². The van der Waals surface area contributed by atoms with E-state index in [1.807, 2.05) is 19.9 Å². The van der Waals surface area contributed by atoms with E-state index < -0.39 is 11.5 Å². The molecular weight excluding hydrogens is 318 g/mol. The van der Waals surface area contributed by atoms with Gasteiger partial charge in [-0.2, -0.15) is 0 Å². The predicted octanol–water partition coefficient (Wildman–Crippen LogP) is 1.77. The summed E-state index contributed by atoms with van der Waals surface area (Å²) in [6.45, 7) is 4.70. The molecule has 1 amide bonds. The second-order valence-electron chi connectivity index (χ2n) is 6.12. The van der Waals surface area contributed by atoms with Crippen molar-refractivity contribution in [2.45, 2.75) is 26.9 Å². The number of hydrogen-bond donors (Lipinski definition) is 1. The fourth-order valence-electron chi connectivity index (χ4n) is 2.52. The van der Waals surface area contributed by atoms with Crippen LogP contribution in [0.1, 0.15) is 30.0 Å². The molecule has 128 valence electrons. The largest absolute Gasteiger partial charge is 0.345 e. The number of carbonyl (C=O) groups is 1. The minimum atomic E-state index is -0.515. The Morgan fingerprint density at radius 3 is 2.68 bits per heavy atom. The molecule has 0 aliphatic carbocycles. The summed E-state index contributed by atoms with van der Waals surface area (Å²) in [6.07, 6.45) is 3.26. The normalized spacial score (nSPS) is 11.0. The molecule has 0 unspecified atom stereocenters. The van der Waals surface area contributed by atoms with Gasteiger partial charge < -0.3 is 5.32 Å². The topological polar surface area (TPSA) is 89.8 Å². The number of rotatable bonds is 5. The van der Waals surface area contributed by atoms with Gasteiger partial charge in [0, 0.05) is 18.9 Å². The van der Waals surface area contributed by atoms with Gasteiger partial charge in [0.05, 0.1) is 12.2 Å². The molecule has 7 heteroatoms. The molecule has 0 saturated carbocycles. The van der Waals surface area contributed by atoms with Crippen molar-refractivity contribution in [3.05, 3.63) is 64.5 Å². The lowest BCUT2D eigenvalue weighted by atomic mass is 10.2. The summed E-state index contributed by atoms with van der Waals surface area (Å²) in [6, 6.07) is 8.91. The van der Waals surface area contributed by atoms with Gasteiger partial charge in [0.15, 0.2) is 11.3 Å². The van der Waals surface area contributed by atoms with Crippen molar-refractivity contribution in [3.8, 4) is 0 Å². The van der Waals surface area contributed by atoms with Crippen LogP contribution in [-0.4, -0.2) is 25.4 Å². The fourth-order valence-corrected chi connectivity index (χ4v) is 2.52. The summed E-state index contributed by atoms with van der Waals surface area (Å²) in [4.78, 5) is 37.9. The van der Waals surface area contributed by atoms with E-state index in [0.717, 1.165) is 0 Å². The molecule has 25 heavy (non-hydrogen) atoms. The van der Waals surface area contributed by atoms with Crippen LogP contribution in [-0.2, 0) is 13.1 Å². The van der Waals surface area contributed by atoms with Crippen LogP contribution in [0, 0.1) is 5.92 Å². The van der Waals surface area contributed by atoms with Crippen LogP contribution in [0.4, 0.5) is 0 Å². The van der Waals surface area contributed by atoms with Crippen molar-refractivity contribution in [3.63, 3.8) is 0 Å². The summed E-state index contributed by atoms with van der Waals surface area (Å²) in [5.41, 5.74) is 1.16. The number of amides is 1. The third kappa shape index (κ3) is 3.71. The number of aromatic nitrogens is 4. The first kappa shape index (κ1) is 16.8. The molecule has 3 aromatic rings. The number of nitrogens with zero attached hydrogens (tertiary/aromatic N) is 4. The predicted molar refractivity (Wildman–Crippen MR) is 94.0 cm³/mol. The van der Waals surface area contributed by atoms with E-state index >= 15 is 0 Å². The molecule has 3 heterocycles. The maximum atomic E-state index is 12.8. The first-order chi connectivity index (χ1) is 12.1. The highest BCUT2D eigenvalue weighted by molar-refractivity contribution is 5.93. The Balaban J connectivity index is 1.96. The van der Waals surface area contributed by atoms with E-state index in [0.29, 0.717) is 23.4 Å². The van der Waals surface area contributed by atoms with Crippen molar-refractivity contribution in [1.29, 1.82) is 0 Å². The zero-order chi connectivity index (χ0) is 17.8. The highest BCUT2D eigenvalue weighted by atomic mass is 16.2. The summed E-state index contributed by atoms with van der Waals surface area (Å²) >= 11 is 0. The van der Waals surface area contributed by atoms with Gasteiger partial charge in [-0.3, -0.25) is 19.1 Å². The second-order valence-corrected chi connectivity index (χ2v) is 6.12. The van der Waals surface area contributed by atoms with E-state index in [1.165, 1.54) is 4.57 Å². The number of fused-ring (bicyclic) bond motifs is 1. The molecular formula is C18H19N5O2. The molecule has 0 fully saturated rings. The molecule has 0 bridgehead atoms. The van der Waals surface area contributed by atoms with Gasteiger partial charge >= 0.3 is 0 Å². The molecule has 7 nitrogen and oxygen atoms in total. The monoisotopic (exact) mass is 337 g/mol. The van der Waals surface area contributed by atoms with E-state index in [4.69, 9.17) is 0 Å². The maximum absolute atomic E-state index is 12.8. The van der Waals surface area contributed by atoms with E-state index in [2.05, 4.69) is 20.3 Å². The van der Waals surface area contributed by atoms with Crippen molar-refractivity contribution >= 4 is 17.1 Å². The molecule has 0 atom stereocenters. The Hall–Kier alpha value is -3.09. The average molecular weight is 337 g/mol. The van der Waals surface area contributed by atoms with Gasteiger partial charge in [-0.1, -0.05) is 19.9 Å². The smallest absolute Gasteiger partial charge is 0.283 e. The molecule has 0 aliphatic rings. The van der Waals surface area contributed by atoms with Crippen LogP contribution in [0.3, 0.4) is 0 Å². The van der Waals surface area contributed by atoms with Crippen LogP contribution in [0.2, 0.25) is 0 Å². The second kappa shape index (κ2) is 7.21. The third-order valence-electron chi connectivity index (χ3n) is 3.62. The number of nitrogens with one attached hydrogen (secondary N) is 1. The Kier molecular flexibility index (Phi) is 4.83. The summed E-state index contributed by atoms with van der Waals surface area (Å²) in [5.74, 6) is -0.284. The van der Waals surface area contributed by atoms with Crippen LogP contribution < -0.4 is 10.9 Å². The Morgan fingerprint density at radius 1 is 1.16 bits per heavy atom. The molecule has 3 aromatic heterocycles. The van der Waals surface area contributed by atoms with Gasteiger partial charge in [0.2, 0.25) is 0 Å². The molecule has 3 rings (SSSR count). The van der Waals surface area contributed by atoms with E-state index in [1.54, 1.807) is 36.7 Å². The molecule has 0 saturated heterocycles. The fraction of sp³-hybridized carbons (Fsp3) is 0.278. The molecule has 1 N–H and O–H groups in total. The molecule has 0 spiro atoms. The molecule has 0 aromatic carbocycles. The summed E-state index contributed by atoms with van der Waals surface area (Å²) in [7, 11) is 0. The van der Waals surface area contributed by atoms with E-state index in [9.17, 15) is 9.59 Å². The quantitative estimate of drug-likeness (QED) is 0.766. The Morgan fingerprint density at radius 2 is 1.96 bits per heavy atom. The van der Waals surface area contributed by atoms with E-state index in [-0.39, 0.29) is 18.2 Å². The molecule has 0 aliphatic heterocycles. The van der Waals surface area contributed by atoms with Crippen LogP contribution in [0.15, 0.2) is 47.5 Å². The number of carbonyl (C=O) groups excluding carboxylic acids is 1. The average Bonchev–Trinajstić information content (AvgIpc) is 2.62. The Labute approximate surface area is 144 Å². The van der Waals surface area contributed by atoms with Crippen molar-refractivity contribution in [1.82, 2.24) is 24.8 Å². The van der Waals surface area contributed by atoms with Crippen molar-refractivity contribution in [2.24, 2.45) is 5.92 Å². The highest BCUT2D eigenvalue weighted by Gasteiger charge is 2.18. The lowest BCUT2D eigenvalue weighted by molar-refractivity contribution is 0.0943. The van der Waals surface area contributed by atoms with Gasteiger partial charge in [0.25, 0.3) is 11.5 Å². The lowest BCUT2D eigenvalue weighted by Gasteiger charge is -2.13. The van der Waals surface area contributed by atoms with Crippen molar-refractivity contribution < 1.29 is 4.79 Å². The van der Waals surface area contributed by atoms with Crippen LogP contribution in [0.25, 0.3) is 11.2 Å². The Bertz CT molecular complexity index is 951. The SMILES string of the molecule is CC(C)Cn1c(=O)c(C(=O)NCc2ccccn2)nc2cccnc21. The lowest BCUT2D eigenvalue weighted by Crippen LogP contribution is -2.35. The van der Waals surface area contributed by atoms with Gasteiger partial charge in [-0.15, -0.1) is 0 Å². The standard InChI is InChI=1S/C18H19N5O2/c1-12(2)11-23-16-14(7-5-9-20-16)22-15(18(23)25)17(24)21-10-13-6-3-4-8-19-13/h3-9,12H,10-11H2,1-2H3,(H,21,24). The zero-order valence-corrected chi connectivity index (χ0v) is 14.1. The number of pyridine rings is 2. The first-order valence-corrected chi connectivity index (χ1v) is 8.10. The minimum absolute atomic E-state index is 0.128. The van der Waals surface area contributed by atoms with Gasteiger partial charge in [-0.25, -0.2) is 9.97 Å². The minimum Gasteiger partial charge on any atom is -0.345 e. The summed E-state index contributed by atoms with van der Waals surface area (Å²) < 4.78 is 1.52. The van der Waals surface area contributed by atoms with Crippen molar-refractivity contribution in [2.75, 3.05) is 0 Å². The van der Waals surface area contributed by atoms with Crippen LogP contribution >= 0.6 is 0 Å². The first-order valence-electron chi connectivity index (χ1n) is 8.10. The summed E-state index contributed by atoms with van der Waals surface area (Å²) in [5, 5.41) is 2.70. The zero-order valence-electron chi connectivity index (χ0n) is 14.1. The third-order valence-corrected chi connectivity index (χ3v) is 3.62. The molecule has 0 radical (unpaired) electrons. The highest BCUT2D eigenvalue weighted by Crippen LogP contribution is 2.09. The van der Waals surface area contributed by atoms with Gasteiger partial charge in [0.1, 0.15) is 5.52 Å². The maximum Gasteiger partial charge on any atom is 0.283 e.